The van der Waals surface area contributed by atoms with Gasteiger partial charge in [-0.25, -0.2) is 9.78 Å². The van der Waals surface area contributed by atoms with E-state index in [1.165, 1.54) is 4.57 Å². The molecular formula is C16H16N4O3. The average Bonchev–Trinajstić information content (AvgIpc) is 3.02. The Morgan fingerprint density at radius 2 is 2.22 bits per heavy atom. The maximum absolute atomic E-state index is 12.5. The lowest BCUT2D eigenvalue weighted by Crippen LogP contribution is -2.42. The monoisotopic (exact) mass is 312 g/mol. The third-order valence-corrected chi connectivity index (χ3v) is 3.84. The molecule has 3 rings (SSSR count). The quantitative estimate of drug-likeness (QED) is 0.827. The summed E-state index contributed by atoms with van der Waals surface area (Å²) in [6, 6.07) is 7.14. The van der Waals surface area contributed by atoms with Gasteiger partial charge in [0, 0.05) is 18.3 Å². The molecule has 0 N–H and O–H groups in total. The van der Waals surface area contributed by atoms with E-state index in [1.807, 2.05) is 13.0 Å². The normalized spacial score (nSPS) is 12.7. The van der Waals surface area contributed by atoms with Gasteiger partial charge in [-0.3, -0.25) is 13.9 Å². The zero-order valence-electron chi connectivity index (χ0n) is 12.8. The molecule has 0 spiro atoms. The van der Waals surface area contributed by atoms with Crippen LogP contribution >= 0.6 is 0 Å². The first kappa shape index (κ1) is 15.0. The first-order valence-electron chi connectivity index (χ1n) is 7.51. The summed E-state index contributed by atoms with van der Waals surface area (Å²) in [4.78, 5) is 29.3. The topological polar surface area (TPSA) is 89.9 Å². The lowest BCUT2D eigenvalue weighted by Gasteiger charge is -2.11. The fraction of sp³-hybridized carbons (Fsp3) is 0.375. The van der Waals surface area contributed by atoms with Crippen LogP contribution in [-0.4, -0.2) is 20.7 Å². The van der Waals surface area contributed by atoms with Gasteiger partial charge in [0.05, 0.1) is 18.8 Å². The predicted octanol–water partition coefficient (Wildman–Crippen LogP) is 0.670. The fourth-order valence-electron chi connectivity index (χ4n) is 2.82. The zero-order valence-corrected chi connectivity index (χ0v) is 12.8. The number of rotatable bonds is 4. The van der Waals surface area contributed by atoms with Crippen LogP contribution in [0.2, 0.25) is 0 Å². The van der Waals surface area contributed by atoms with Crippen LogP contribution < -0.4 is 16.0 Å². The summed E-state index contributed by atoms with van der Waals surface area (Å²) in [5.41, 5.74) is 0.217. The van der Waals surface area contributed by atoms with E-state index in [0.29, 0.717) is 36.8 Å². The lowest BCUT2D eigenvalue weighted by molar-refractivity contribution is 0.325. The molecule has 2 aromatic heterocycles. The van der Waals surface area contributed by atoms with E-state index in [9.17, 15) is 14.9 Å². The van der Waals surface area contributed by atoms with E-state index in [4.69, 9.17) is 4.74 Å². The smallest absolute Gasteiger partial charge is 0.331 e. The summed E-state index contributed by atoms with van der Waals surface area (Å²) in [7, 11) is 0. The number of pyridine rings is 1. The van der Waals surface area contributed by atoms with E-state index < -0.39 is 5.56 Å². The minimum atomic E-state index is -0.547. The van der Waals surface area contributed by atoms with Crippen LogP contribution in [0.5, 0.6) is 5.88 Å². The average molecular weight is 312 g/mol. The molecule has 118 valence electrons. The van der Waals surface area contributed by atoms with Gasteiger partial charge in [0.1, 0.15) is 11.6 Å². The molecule has 0 radical (unpaired) electrons. The molecule has 0 aromatic carbocycles. The van der Waals surface area contributed by atoms with Crippen molar-refractivity contribution in [2.75, 3.05) is 6.61 Å². The van der Waals surface area contributed by atoms with Gasteiger partial charge in [0.25, 0.3) is 5.56 Å². The lowest BCUT2D eigenvalue weighted by atomic mass is 10.2. The number of aromatic nitrogens is 3. The molecule has 0 aliphatic carbocycles. The maximum Gasteiger partial charge on any atom is 0.331 e. The van der Waals surface area contributed by atoms with Gasteiger partial charge < -0.3 is 4.74 Å². The molecule has 2 aromatic rings. The van der Waals surface area contributed by atoms with Crippen molar-refractivity contribution < 1.29 is 4.74 Å². The molecule has 0 unspecified atom stereocenters. The van der Waals surface area contributed by atoms with Crippen molar-refractivity contribution in [3.05, 3.63) is 56.0 Å². The van der Waals surface area contributed by atoms with E-state index in [-0.39, 0.29) is 17.8 Å². The van der Waals surface area contributed by atoms with Gasteiger partial charge in [-0.05, 0) is 25.8 Å². The van der Waals surface area contributed by atoms with Crippen LogP contribution in [0.1, 0.15) is 30.3 Å². The minimum Gasteiger partial charge on any atom is -0.478 e. The predicted molar refractivity (Wildman–Crippen MR) is 82.5 cm³/mol. The first-order chi connectivity index (χ1) is 11.2. The van der Waals surface area contributed by atoms with Crippen LogP contribution in [0.25, 0.3) is 0 Å². The van der Waals surface area contributed by atoms with Crippen molar-refractivity contribution in [3.63, 3.8) is 0 Å². The molecular weight excluding hydrogens is 296 g/mol. The fourth-order valence-corrected chi connectivity index (χ4v) is 2.82. The van der Waals surface area contributed by atoms with Gasteiger partial charge >= 0.3 is 5.69 Å². The number of ether oxygens (including phenoxy) is 1. The van der Waals surface area contributed by atoms with Gasteiger partial charge in [0.2, 0.25) is 5.88 Å². The zero-order chi connectivity index (χ0) is 16.4. The third kappa shape index (κ3) is 2.63. The summed E-state index contributed by atoms with van der Waals surface area (Å²) < 4.78 is 7.92. The van der Waals surface area contributed by atoms with Crippen molar-refractivity contribution >= 4 is 0 Å². The Hall–Kier alpha value is -2.88. The highest BCUT2D eigenvalue weighted by Crippen LogP contribution is 2.14. The number of nitriles is 1. The second kappa shape index (κ2) is 6.08. The Kier molecular flexibility index (Phi) is 3.98. The van der Waals surface area contributed by atoms with E-state index in [2.05, 4.69) is 4.98 Å². The molecule has 0 amide bonds. The largest absolute Gasteiger partial charge is 0.478 e. The SMILES string of the molecule is CCOc1cccc(Cn2c(=O)c(C#N)c3n(c2=O)CCC3)n1. The Morgan fingerprint density at radius 1 is 1.39 bits per heavy atom. The summed E-state index contributed by atoms with van der Waals surface area (Å²) in [6.07, 6.45) is 1.36. The Bertz CT molecular complexity index is 905. The summed E-state index contributed by atoms with van der Waals surface area (Å²) >= 11 is 0. The van der Waals surface area contributed by atoms with Crippen LogP contribution in [0.4, 0.5) is 0 Å². The molecule has 0 fully saturated rings. The van der Waals surface area contributed by atoms with E-state index >= 15 is 0 Å². The Morgan fingerprint density at radius 3 is 2.96 bits per heavy atom. The molecule has 0 saturated heterocycles. The number of hydrogen-bond donors (Lipinski definition) is 0. The van der Waals surface area contributed by atoms with Gasteiger partial charge in [0.15, 0.2) is 0 Å². The van der Waals surface area contributed by atoms with Gasteiger partial charge in [-0.2, -0.15) is 5.26 Å². The van der Waals surface area contributed by atoms with Crippen molar-refractivity contribution in [2.24, 2.45) is 0 Å². The third-order valence-electron chi connectivity index (χ3n) is 3.84. The van der Waals surface area contributed by atoms with Crippen LogP contribution in [0.3, 0.4) is 0 Å². The second-order valence-electron chi connectivity index (χ2n) is 5.26. The highest BCUT2D eigenvalue weighted by atomic mass is 16.5. The summed E-state index contributed by atoms with van der Waals surface area (Å²) in [6.45, 7) is 2.89. The number of nitrogens with zero attached hydrogens (tertiary/aromatic N) is 4. The first-order valence-corrected chi connectivity index (χ1v) is 7.51. The van der Waals surface area contributed by atoms with Crippen LogP contribution in [0.15, 0.2) is 27.8 Å². The van der Waals surface area contributed by atoms with E-state index in [0.717, 1.165) is 11.0 Å². The summed E-state index contributed by atoms with van der Waals surface area (Å²) in [5, 5.41) is 9.26. The Balaban J connectivity index is 2.08. The second-order valence-corrected chi connectivity index (χ2v) is 5.26. The number of hydrogen-bond acceptors (Lipinski definition) is 5. The van der Waals surface area contributed by atoms with Crippen molar-refractivity contribution in [1.82, 2.24) is 14.1 Å². The standard InChI is InChI=1S/C16H16N4O3/c1-2-23-14-7-3-5-11(18-14)10-20-15(21)12(9-17)13-6-4-8-19(13)16(20)22/h3,5,7H,2,4,6,8,10H2,1H3. The molecule has 7 heteroatoms. The van der Waals surface area contributed by atoms with Gasteiger partial charge in [-0.1, -0.05) is 6.07 Å². The van der Waals surface area contributed by atoms with Gasteiger partial charge in [-0.15, -0.1) is 0 Å². The number of fused-ring (bicyclic) bond motifs is 1. The van der Waals surface area contributed by atoms with Crippen molar-refractivity contribution in [3.8, 4) is 11.9 Å². The molecule has 7 nitrogen and oxygen atoms in total. The molecule has 0 bridgehead atoms. The molecule has 0 atom stereocenters. The highest BCUT2D eigenvalue weighted by Gasteiger charge is 2.22. The molecule has 3 heterocycles. The van der Waals surface area contributed by atoms with Crippen LogP contribution in [0, 0.1) is 11.3 Å². The summed E-state index contributed by atoms with van der Waals surface area (Å²) in [5.74, 6) is 0.444. The molecule has 1 aliphatic rings. The van der Waals surface area contributed by atoms with E-state index in [1.54, 1.807) is 18.2 Å². The van der Waals surface area contributed by atoms with Crippen molar-refractivity contribution in [2.45, 2.75) is 32.9 Å². The molecule has 1 aliphatic heterocycles. The molecule has 23 heavy (non-hydrogen) atoms. The minimum absolute atomic E-state index is 0.0214. The van der Waals surface area contributed by atoms with Crippen molar-refractivity contribution in [1.29, 1.82) is 5.26 Å². The maximum atomic E-state index is 12.5. The van der Waals surface area contributed by atoms with Crippen LogP contribution in [-0.2, 0) is 19.5 Å². The molecule has 0 saturated carbocycles. The Labute approximate surface area is 132 Å². The highest BCUT2D eigenvalue weighted by molar-refractivity contribution is 5.33.